The van der Waals surface area contributed by atoms with Crippen LogP contribution in [0.5, 0.6) is 11.5 Å². The fourth-order valence-corrected chi connectivity index (χ4v) is 2.00. The van der Waals surface area contributed by atoms with E-state index in [9.17, 15) is 0 Å². The van der Waals surface area contributed by atoms with E-state index in [1.54, 1.807) is 10.7 Å². The second-order valence-electron chi connectivity index (χ2n) is 4.42. The SMILES string of the molecule is Cn1ccc(CNc2cc3c(cc2N)OCCO3)n1. The number of nitrogens with two attached hydrogens (primary N) is 1. The molecule has 0 unspecified atom stereocenters. The first-order valence-corrected chi connectivity index (χ1v) is 6.14. The molecule has 1 aliphatic rings. The summed E-state index contributed by atoms with van der Waals surface area (Å²) < 4.78 is 12.8. The molecule has 2 aromatic rings. The summed E-state index contributed by atoms with van der Waals surface area (Å²) in [5, 5.41) is 7.56. The molecule has 100 valence electrons. The molecule has 0 amide bonds. The van der Waals surface area contributed by atoms with Crippen molar-refractivity contribution in [2.75, 3.05) is 24.3 Å². The molecule has 0 fully saturated rings. The third-order valence-corrected chi connectivity index (χ3v) is 2.94. The molecule has 1 aromatic carbocycles. The van der Waals surface area contributed by atoms with Crippen LogP contribution >= 0.6 is 0 Å². The molecule has 2 heterocycles. The number of anilines is 2. The van der Waals surface area contributed by atoms with Gasteiger partial charge in [0.1, 0.15) is 13.2 Å². The average Bonchev–Trinajstić information content (AvgIpc) is 2.82. The molecule has 0 saturated heterocycles. The van der Waals surface area contributed by atoms with Crippen LogP contribution in [0.15, 0.2) is 24.4 Å². The maximum Gasteiger partial charge on any atom is 0.163 e. The summed E-state index contributed by atoms with van der Waals surface area (Å²) in [6.45, 7) is 1.74. The van der Waals surface area contributed by atoms with E-state index in [0.29, 0.717) is 31.2 Å². The van der Waals surface area contributed by atoms with Crippen molar-refractivity contribution in [3.05, 3.63) is 30.1 Å². The Morgan fingerprint density at radius 3 is 2.74 bits per heavy atom. The maximum atomic E-state index is 5.99. The third-order valence-electron chi connectivity index (χ3n) is 2.94. The Morgan fingerprint density at radius 2 is 2.05 bits per heavy atom. The number of benzene rings is 1. The van der Waals surface area contributed by atoms with Gasteiger partial charge in [-0.05, 0) is 6.07 Å². The normalized spacial score (nSPS) is 13.3. The molecule has 0 spiro atoms. The second-order valence-corrected chi connectivity index (χ2v) is 4.42. The summed E-state index contributed by atoms with van der Waals surface area (Å²) in [7, 11) is 1.89. The maximum absolute atomic E-state index is 5.99. The highest BCUT2D eigenvalue weighted by Crippen LogP contribution is 2.36. The minimum absolute atomic E-state index is 0.563. The largest absolute Gasteiger partial charge is 0.486 e. The van der Waals surface area contributed by atoms with Crippen molar-refractivity contribution in [2.24, 2.45) is 7.05 Å². The van der Waals surface area contributed by atoms with Crippen molar-refractivity contribution in [3.63, 3.8) is 0 Å². The van der Waals surface area contributed by atoms with E-state index in [-0.39, 0.29) is 0 Å². The minimum atomic E-state index is 0.563. The first kappa shape index (κ1) is 11.7. The number of hydrogen-bond donors (Lipinski definition) is 2. The monoisotopic (exact) mass is 260 g/mol. The summed E-state index contributed by atoms with van der Waals surface area (Å²) >= 11 is 0. The number of aromatic nitrogens is 2. The van der Waals surface area contributed by atoms with Crippen LogP contribution in [-0.2, 0) is 13.6 Å². The molecule has 1 aliphatic heterocycles. The van der Waals surface area contributed by atoms with Gasteiger partial charge in [0.2, 0.25) is 0 Å². The van der Waals surface area contributed by atoms with Gasteiger partial charge < -0.3 is 20.5 Å². The molecule has 6 nitrogen and oxygen atoms in total. The van der Waals surface area contributed by atoms with E-state index in [2.05, 4.69) is 10.4 Å². The number of nitrogens with one attached hydrogen (secondary N) is 1. The molecule has 3 rings (SSSR count). The highest BCUT2D eigenvalue weighted by Gasteiger charge is 2.14. The van der Waals surface area contributed by atoms with Gasteiger partial charge in [-0.25, -0.2) is 0 Å². The Hall–Kier alpha value is -2.37. The van der Waals surface area contributed by atoms with Gasteiger partial charge in [-0.2, -0.15) is 5.10 Å². The van der Waals surface area contributed by atoms with Crippen molar-refractivity contribution >= 4 is 11.4 Å². The minimum Gasteiger partial charge on any atom is -0.486 e. The van der Waals surface area contributed by atoms with Crippen molar-refractivity contribution in [1.29, 1.82) is 0 Å². The number of ether oxygens (including phenoxy) is 2. The standard InChI is InChI=1S/C13H16N4O2/c1-17-3-2-9(16-17)8-15-11-7-13-12(6-10(11)14)18-4-5-19-13/h2-3,6-7,15H,4-5,8,14H2,1H3. The van der Waals surface area contributed by atoms with Crippen LogP contribution < -0.4 is 20.5 Å². The summed E-state index contributed by atoms with van der Waals surface area (Å²) in [5.74, 6) is 1.43. The van der Waals surface area contributed by atoms with Crippen LogP contribution in [-0.4, -0.2) is 23.0 Å². The predicted molar refractivity (Wildman–Crippen MR) is 72.4 cm³/mol. The van der Waals surface area contributed by atoms with E-state index in [1.807, 2.05) is 25.4 Å². The van der Waals surface area contributed by atoms with Crippen molar-refractivity contribution in [1.82, 2.24) is 9.78 Å². The first-order chi connectivity index (χ1) is 9.22. The van der Waals surface area contributed by atoms with Crippen LogP contribution in [0.3, 0.4) is 0 Å². The lowest BCUT2D eigenvalue weighted by Gasteiger charge is -2.20. The Kier molecular flexibility index (Phi) is 2.91. The Labute approximate surface area is 111 Å². The quantitative estimate of drug-likeness (QED) is 0.816. The topological polar surface area (TPSA) is 74.3 Å². The molecule has 6 heteroatoms. The fourth-order valence-electron chi connectivity index (χ4n) is 2.00. The smallest absolute Gasteiger partial charge is 0.163 e. The summed E-state index contributed by atoms with van der Waals surface area (Å²) in [5.41, 5.74) is 8.41. The van der Waals surface area contributed by atoms with Gasteiger partial charge in [-0.3, -0.25) is 4.68 Å². The molecule has 3 N–H and O–H groups in total. The number of rotatable bonds is 3. The lowest BCUT2D eigenvalue weighted by molar-refractivity contribution is 0.172. The zero-order chi connectivity index (χ0) is 13.2. The van der Waals surface area contributed by atoms with Crippen LogP contribution in [0, 0.1) is 0 Å². The number of nitrogen functional groups attached to an aromatic ring is 1. The van der Waals surface area contributed by atoms with E-state index in [4.69, 9.17) is 15.2 Å². The Morgan fingerprint density at radius 1 is 1.32 bits per heavy atom. The summed E-state index contributed by atoms with van der Waals surface area (Å²) in [4.78, 5) is 0. The highest BCUT2D eigenvalue weighted by molar-refractivity contribution is 5.72. The molecule has 0 bridgehead atoms. The molecule has 0 atom stereocenters. The molecule has 0 radical (unpaired) electrons. The lowest BCUT2D eigenvalue weighted by atomic mass is 10.2. The molecule has 19 heavy (non-hydrogen) atoms. The van der Waals surface area contributed by atoms with Crippen LogP contribution in [0.25, 0.3) is 0 Å². The predicted octanol–water partition coefficient (Wildman–Crippen LogP) is 1.39. The average molecular weight is 260 g/mol. The first-order valence-electron chi connectivity index (χ1n) is 6.14. The van der Waals surface area contributed by atoms with Crippen molar-refractivity contribution in [2.45, 2.75) is 6.54 Å². The summed E-state index contributed by atoms with van der Waals surface area (Å²) in [6.07, 6.45) is 1.91. The van der Waals surface area contributed by atoms with Gasteiger partial charge in [0.15, 0.2) is 11.5 Å². The highest BCUT2D eigenvalue weighted by atomic mass is 16.6. The molecule has 0 saturated carbocycles. The fraction of sp³-hybridized carbons (Fsp3) is 0.308. The van der Waals surface area contributed by atoms with Crippen molar-refractivity contribution < 1.29 is 9.47 Å². The Bertz CT molecular complexity index is 594. The van der Waals surface area contributed by atoms with Crippen LogP contribution in [0.4, 0.5) is 11.4 Å². The molecule has 1 aromatic heterocycles. The third kappa shape index (κ3) is 2.42. The van der Waals surface area contributed by atoms with Gasteiger partial charge in [-0.15, -0.1) is 0 Å². The number of aryl methyl sites for hydroxylation is 1. The lowest BCUT2D eigenvalue weighted by Crippen LogP contribution is -2.16. The second kappa shape index (κ2) is 4.72. The Balaban J connectivity index is 1.77. The number of hydrogen-bond acceptors (Lipinski definition) is 5. The van der Waals surface area contributed by atoms with Crippen molar-refractivity contribution in [3.8, 4) is 11.5 Å². The van der Waals surface area contributed by atoms with E-state index < -0.39 is 0 Å². The van der Waals surface area contributed by atoms with Gasteiger partial charge in [-0.1, -0.05) is 0 Å². The van der Waals surface area contributed by atoms with Crippen LogP contribution in [0.1, 0.15) is 5.69 Å². The van der Waals surface area contributed by atoms with E-state index >= 15 is 0 Å². The van der Waals surface area contributed by atoms with Crippen LogP contribution in [0.2, 0.25) is 0 Å². The zero-order valence-electron chi connectivity index (χ0n) is 10.7. The van der Waals surface area contributed by atoms with Gasteiger partial charge in [0, 0.05) is 25.4 Å². The zero-order valence-corrected chi connectivity index (χ0v) is 10.7. The molecular weight excluding hydrogens is 244 g/mol. The number of nitrogens with zero attached hydrogens (tertiary/aromatic N) is 2. The van der Waals surface area contributed by atoms with E-state index in [1.165, 1.54) is 0 Å². The van der Waals surface area contributed by atoms with Gasteiger partial charge >= 0.3 is 0 Å². The molecule has 0 aliphatic carbocycles. The molecular formula is C13H16N4O2. The van der Waals surface area contributed by atoms with Gasteiger partial charge in [0.05, 0.1) is 23.6 Å². The summed E-state index contributed by atoms with van der Waals surface area (Å²) in [6, 6.07) is 5.61. The van der Waals surface area contributed by atoms with E-state index in [0.717, 1.165) is 17.1 Å². The number of fused-ring (bicyclic) bond motifs is 1. The van der Waals surface area contributed by atoms with Gasteiger partial charge in [0.25, 0.3) is 0 Å².